The Morgan fingerprint density at radius 3 is 2.39 bits per heavy atom. The molecule has 0 saturated heterocycles. The highest BCUT2D eigenvalue weighted by Crippen LogP contribution is 2.30. The molecule has 0 heterocycles. The summed E-state index contributed by atoms with van der Waals surface area (Å²) in [5, 5.41) is 13.6. The minimum absolute atomic E-state index is 0.360. The molecule has 0 amide bonds. The second-order valence-corrected chi connectivity index (χ2v) is 5.19. The van der Waals surface area contributed by atoms with Gasteiger partial charge >= 0.3 is 5.97 Å². The molecule has 0 atom stereocenters. The van der Waals surface area contributed by atoms with E-state index >= 15 is 0 Å². The maximum Gasteiger partial charge on any atom is 0.336 e. The van der Waals surface area contributed by atoms with Crippen LogP contribution in [0.2, 0.25) is 0 Å². The molecule has 1 N–H and O–H groups in total. The number of fused-ring (bicyclic) bond motifs is 3. The van der Waals surface area contributed by atoms with E-state index in [1.807, 2.05) is 30.3 Å². The number of hydrogen-bond acceptors (Lipinski definition) is 1. The van der Waals surface area contributed by atoms with Crippen molar-refractivity contribution in [2.45, 2.75) is 0 Å². The van der Waals surface area contributed by atoms with E-state index in [0.29, 0.717) is 5.56 Å². The molecule has 0 aliphatic rings. The SMILES string of the molecule is O=C(O)c1ccc2c(ccc3ccccc32)c1I. The molecule has 0 unspecified atom stereocenters. The zero-order valence-corrected chi connectivity index (χ0v) is 11.5. The molecular weight excluding hydrogens is 339 g/mol. The van der Waals surface area contributed by atoms with Crippen molar-refractivity contribution in [3.8, 4) is 0 Å². The Bertz CT molecular complexity index is 778. The number of benzene rings is 3. The van der Waals surface area contributed by atoms with Crippen molar-refractivity contribution in [3.05, 3.63) is 57.7 Å². The van der Waals surface area contributed by atoms with Crippen LogP contribution in [-0.2, 0) is 0 Å². The zero-order chi connectivity index (χ0) is 12.7. The fourth-order valence-corrected chi connectivity index (χ4v) is 3.10. The molecule has 88 valence electrons. The zero-order valence-electron chi connectivity index (χ0n) is 9.35. The molecule has 0 aliphatic heterocycles. The highest BCUT2D eigenvalue weighted by molar-refractivity contribution is 14.1. The summed E-state index contributed by atoms with van der Waals surface area (Å²) in [6.07, 6.45) is 0. The summed E-state index contributed by atoms with van der Waals surface area (Å²) in [6.45, 7) is 0. The number of aromatic carboxylic acids is 1. The smallest absolute Gasteiger partial charge is 0.336 e. The quantitative estimate of drug-likeness (QED) is 0.526. The second kappa shape index (κ2) is 4.24. The number of hydrogen-bond donors (Lipinski definition) is 1. The predicted molar refractivity (Wildman–Crippen MR) is 81.1 cm³/mol. The number of carbonyl (C=O) groups is 1. The lowest BCUT2D eigenvalue weighted by atomic mass is 10.0. The average molecular weight is 348 g/mol. The van der Waals surface area contributed by atoms with Crippen LogP contribution in [-0.4, -0.2) is 11.1 Å². The third kappa shape index (κ3) is 1.66. The molecule has 0 saturated carbocycles. The minimum atomic E-state index is -0.880. The van der Waals surface area contributed by atoms with Crippen LogP contribution in [0.4, 0.5) is 0 Å². The Labute approximate surface area is 117 Å². The number of halogens is 1. The summed E-state index contributed by atoms with van der Waals surface area (Å²) in [7, 11) is 0. The van der Waals surface area contributed by atoms with Gasteiger partial charge in [-0.05, 0) is 50.2 Å². The van der Waals surface area contributed by atoms with Crippen molar-refractivity contribution in [2.24, 2.45) is 0 Å². The standard InChI is InChI=1S/C15H9IO2/c16-14-12-6-5-9-3-1-2-4-10(9)11(12)7-8-13(14)15(17)18/h1-8H,(H,17,18). The highest BCUT2D eigenvalue weighted by Gasteiger charge is 2.12. The van der Waals surface area contributed by atoms with Crippen LogP contribution in [0.1, 0.15) is 10.4 Å². The fourth-order valence-electron chi connectivity index (χ4n) is 2.22. The highest BCUT2D eigenvalue weighted by atomic mass is 127. The number of carboxylic acid groups (broad SMARTS) is 1. The first-order valence-electron chi connectivity index (χ1n) is 5.52. The van der Waals surface area contributed by atoms with E-state index in [9.17, 15) is 4.79 Å². The van der Waals surface area contributed by atoms with Gasteiger partial charge in [0.25, 0.3) is 0 Å². The van der Waals surface area contributed by atoms with E-state index in [1.54, 1.807) is 6.07 Å². The maximum absolute atomic E-state index is 11.1. The molecule has 3 rings (SSSR count). The van der Waals surface area contributed by atoms with Gasteiger partial charge in [-0.3, -0.25) is 0 Å². The molecule has 0 aliphatic carbocycles. The summed E-state index contributed by atoms with van der Waals surface area (Å²) in [6, 6.07) is 15.7. The van der Waals surface area contributed by atoms with Gasteiger partial charge in [0.05, 0.1) is 5.56 Å². The molecule has 18 heavy (non-hydrogen) atoms. The van der Waals surface area contributed by atoms with E-state index in [1.165, 1.54) is 5.39 Å². The van der Waals surface area contributed by atoms with Crippen LogP contribution in [0.25, 0.3) is 21.5 Å². The van der Waals surface area contributed by atoms with Gasteiger partial charge in [0, 0.05) is 3.57 Å². The summed E-state index contributed by atoms with van der Waals surface area (Å²) < 4.78 is 0.795. The fraction of sp³-hybridized carbons (Fsp3) is 0. The van der Waals surface area contributed by atoms with E-state index in [-0.39, 0.29) is 0 Å². The molecule has 0 radical (unpaired) electrons. The van der Waals surface area contributed by atoms with Crippen LogP contribution < -0.4 is 0 Å². The largest absolute Gasteiger partial charge is 0.478 e. The van der Waals surface area contributed by atoms with E-state index in [2.05, 4.69) is 34.7 Å². The van der Waals surface area contributed by atoms with Crippen molar-refractivity contribution < 1.29 is 9.90 Å². The lowest BCUT2D eigenvalue weighted by Gasteiger charge is -2.07. The van der Waals surface area contributed by atoms with Gasteiger partial charge in [-0.2, -0.15) is 0 Å². The Kier molecular flexibility index (Phi) is 2.70. The van der Waals surface area contributed by atoms with E-state index < -0.39 is 5.97 Å². The van der Waals surface area contributed by atoms with Crippen LogP contribution in [0, 0.1) is 3.57 Å². The molecule has 0 spiro atoms. The van der Waals surface area contributed by atoms with Crippen molar-refractivity contribution in [1.82, 2.24) is 0 Å². The maximum atomic E-state index is 11.1. The van der Waals surface area contributed by atoms with Crippen LogP contribution in [0.15, 0.2) is 48.5 Å². The third-order valence-corrected chi connectivity index (χ3v) is 4.25. The summed E-state index contributed by atoms with van der Waals surface area (Å²) in [4.78, 5) is 11.1. The minimum Gasteiger partial charge on any atom is -0.478 e. The summed E-state index contributed by atoms with van der Waals surface area (Å²) in [5.74, 6) is -0.880. The molecule has 0 fully saturated rings. The third-order valence-electron chi connectivity index (χ3n) is 3.09. The Hall–Kier alpha value is -1.62. The van der Waals surface area contributed by atoms with Crippen LogP contribution >= 0.6 is 22.6 Å². The first-order chi connectivity index (χ1) is 8.68. The average Bonchev–Trinajstić information content (AvgIpc) is 2.38. The Balaban J connectivity index is 2.48. The molecule has 3 heteroatoms. The molecule has 0 bridgehead atoms. The molecule has 3 aromatic rings. The van der Waals surface area contributed by atoms with Crippen LogP contribution in [0.5, 0.6) is 0 Å². The van der Waals surface area contributed by atoms with E-state index in [0.717, 1.165) is 19.7 Å². The normalized spacial score (nSPS) is 10.9. The lowest BCUT2D eigenvalue weighted by molar-refractivity contribution is 0.0696. The van der Waals surface area contributed by atoms with Gasteiger partial charge in [0.15, 0.2) is 0 Å². The van der Waals surface area contributed by atoms with Gasteiger partial charge in [-0.25, -0.2) is 4.79 Å². The van der Waals surface area contributed by atoms with Crippen molar-refractivity contribution in [3.63, 3.8) is 0 Å². The van der Waals surface area contributed by atoms with Gasteiger partial charge in [-0.1, -0.05) is 42.5 Å². The van der Waals surface area contributed by atoms with E-state index in [4.69, 9.17) is 5.11 Å². The molecule has 3 aromatic carbocycles. The first-order valence-corrected chi connectivity index (χ1v) is 6.59. The molecule has 2 nitrogen and oxygen atoms in total. The lowest BCUT2D eigenvalue weighted by Crippen LogP contribution is -1.99. The van der Waals surface area contributed by atoms with Gasteiger partial charge < -0.3 is 5.11 Å². The Morgan fingerprint density at radius 2 is 1.61 bits per heavy atom. The topological polar surface area (TPSA) is 37.3 Å². The molecule has 0 aromatic heterocycles. The number of rotatable bonds is 1. The monoisotopic (exact) mass is 348 g/mol. The van der Waals surface area contributed by atoms with Crippen molar-refractivity contribution in [2.75, 3.05) is 0 Å². The van der Waals surface area contributed by atoms with Crippen LogP contribution in [0.3, 0.4) is 0 Å². The van der Waals surface area contributed by atoms with Crippen molar-refractivity contribution >= 4 is 50.1 Å². The van der Waals surface area contributed by atoms with Gasteiger partial charge in [-0.15, -0.1) is 0 Å². The summed E-state index contributed by atoms with van der Waals surface area (Å²) in [5.41, 5.74) is 0.360. The van der Waals surface area contributed by atoms with Gasteiger partial charge in [0.1, 0.15) is 0 Å². The second-order valence-electron chi connectivity index (χ2n) is 4.11. The predicted octanol–water partition coefficient (Wildman–Crippen LogP) is 4.30. The molecular formula is C15H9IO2. The van der Waals surface area contributed by atoms with Crippen molar-refractivity contribution in [1.29, 1.82) is 0 Å². The number of carboxylic acids is 1. The Morgan fingerprint density at radius 1 is 0.889 bits per heavy atom. The van der Waals surface area contributed by atoms with Gasteiger partial charge in [0.2, 0.25) is 0 Å². The summed E-state index contributed by atoms with van der Waals surface area (Å²) >= 11 is 2.11. The first kappa shape index (κ1) is 11.5.